The lowest BCUT2D eigenvalue weighted by atomic mass is 9.94. The molecule has 21 heavy (non-hydrogen) atoms. The maximum absolute atomic E-state index is 12.3. The van der Waals surface area contributed by atoms with Crippen molar-refractivity contribution in [2.24, 2.45) is 5.92 Å². The highest BCUT2D eigenvalue weighted by Crippen LogP contribution is 2.21. The Hall–Kier alpha value is -0.650. The number of carbonyl (C=O) groups excluding carboxylic acids is 1. The number of rotatable bonds is 3. The van der Waals surface area contributed by atoms with E-state index in [0.29, 0.717) is 6.04 Å². The highest BCUT2D eigenvalue weighted by molar-refractivity contribution is 5.73. The first-order chi connectivity index (χ1) is 9.89. The van der Waals surface area contributed by atoms with Gasteiger partial charge in [0.15, 0.2) is 0 Å². The lowest BCUT2D eigenvalue weighted by Crippen LogP contribution is -2.56. The Morgan fingerprint density at radius 2 is 1.86 bits per heavy atom. The summed E-state index contributed by atoms with van der Waals surface area (Å²) < 4.78 is 5.54. The zero-order valence-electron chi connectivity index (χ0n) is 14.0. The first-order valence-corrected chi connectivity index (χ1v) is 8.29. The first-order valence-electron chi connectivity index (χ1n) is 8.29. The van der Waals surface area contributed by atoms with E-state index in [1.54, 1.807) is 0 Å². The molecule has 0 aromatic rings. The fourth-order valence-corrected chi connectivity index (χ4v) is 3.21. The van der Waals surface area contributed by atoms with E-state index in [4.69, 9.17) is 4.74 Å². The van der Waals surface area contributed by atoms with Crippen LogP contribution in [0.2, 0.25) is 0 Å². The van der Waals surface area contributed by atoms with E-state index < -0.39 is 5.60 Å². The molecule has 122 valence electrons. The second-order valence-corrected chi connectivity index (χ2v) is 7.25. The number of piperidine rings is 1. The largest absolute Gasteiger partial charge is 0.460 e. The SMILES string of the molecule is CCN1CCN([C@@H]2CNC[C@H](C(=O)OC(C)(C)C)C2)CC1. The Balaban J connectivity index is 1.85. The van der Waals surface area contributed by atoms with Gasteiger partial charge in [0.2, 0.25) is 0 Å². The second-order valence-electron chi connectivity index (χ2n) is 7.25. The minimum absolute atomic E-state index is 0.00724. The van der Waals surface area contributed by atoms with E-state index in [-0.39, 0.29) is 11.9 Å². The average Bonchev–Trinajstić information content (AvgIpc) is 2.46. The monoisotopic (exact) mass is 297 g/mol. The molecule has 0 aromatic heterocycles. The Morgan fingerprint density at radius 1 is 1.19 bits per heavy atom. The van der Waals surface area contributed by atoms with Crippen molar-refractivity contribution in [1.82, 2.24) is 15.1 Å². The molecule has 0 radical (unpaired) electrons. The molecular formula is C16H31N3O2. The predicted octanol–water partition coefficient (Wildman–Crippen LogP) is 0.944. The van der Waals surface area contributed by atoms with Gasteiger partial charge in [0.1, 0.15) is 5.60 Å². The van der Waals surface area contributed by atoms with Crippen LogP contribution in [0.3, 0.4) is 0 Å². The third kappa shape index (κ3) is 4.94. The molecule has 0 aromatic carbocycles. The summed E-state index contributed by atoms with van der Waals surface area (Å²) in [6, 6.07) is 0.468. The van der Waals surface area contributed by atoms with Gasteiger partial charge < -0.3 is 15.0 Å². The van der Waals surface area contributed by atoms with Crippen LogP contribution in [0.15, 0.2) is 0 Å². The summed E-state index contributed by atoms with van der Waals surface area (Å²) in [7, 11) is 0. The normalized spacial score (nSPS) is 29.3. The Morgan fingerprint density at radius 3 is 2.43 bits per heavy atom. The highest BCUT2D eigenvalue weighted by atomic mass is 16.6. The number of nitrogens with zero attached hydrogens (tertiary/aromatic N) is 2. The van der Waals surface area contributed by atoms with Crippen molar-refractivity contribution < 1.29 is 9.53 Å². The number of nitrogens with one attached hydrogen (secondary N) is 1. The number of hydrogen-bond acceptors (Lipinski definition) is 5. The van der Waals surface area contributed by atoms with Gasteiger partial charge in [0.05, 0.1) is 5.92 Å². The van der Waals surface area contributed by atoms with Crippen LogP contribution in [0.25, 0.3) is 0 Å². The Labute approximate surface area is 129 Å². The van der Waals surface area contributed by atoms with Crippen LogP contribution < -0.4 is 5.32 Å². The summed E-state index contributed by atoms with van der Waals surface area (Å²) in [6.45, 7) is 15.4. The van der Waals surface area contributed by atoms with Crippen LogP contribution in [0.5, 0.6) is 0 Å². The first kappa shape index (κ1) is 16.7. The van der Waals surface area contributed by atoms with E-state index in [1.807, 2.05) is 20.8 Å². The van der Waals surface area contributed by atoms with E-state index in [2.05, 4.69) is 22.0 Å². The molecular weight excluding hydrogens is 266 g/mol. The predicted molar refractivity (Wildman–Crippen MR) is 84.3 cm³/mol. The summed E-state index contributed by atoms with van der Waals surface area (Å²) in [6.07, 6.45) is 0.925. The Kier molecular flexibility index (Phi) is 5.63. The third-order valence-electron chi connectivity index (χ3n) is 4.44. The molecule has 2 fully saturated rings. The fourth-order valence-electron chi connectivity index (χ4n) is 3.21. The van der Waals surface area contributed by atoms with E-state index in [0.717, 1.165) is 52.2 Å². The average molecular weight is 297 g/mol. The third-order valence-corrected chi connectivity index (χ3v) is 4.44. The number of esters is 1. The zero-order valence-corrected chi connectivity index (χ0v) is 14.0. The standard InChI is InChI=1S/C16H31N3O2/c1-5-18-6-8-19(9-7-18)14-10-13(11-17-12-14)15(20)21-16(2,3)4/h13-14,17H,5-12H2,1-4H3/t13-,14+/m1/s1. The molecule has 2 aliphatic rings. The number of hydrogen-bond donors (Lipinski definition) is 1. The van der Waals surface area contributed by atoms with Gasteiger partial charge in [0.25, 0.3) is 0 Å². The van der Waals surface area contributed by atoms with Crippen molar-refractivity contribution in [2.45, 2.75) is 45.8 Å². The molecule has 5 nitrogen and oxygen atoms in total. The Bertz CT molecular complexity index is 346. The minimum Gasteiger partial charge on any atom is -0.460 e. The lowest BCUT2D eigenvalue weighted by molar-refractivity contribution is -0.161. The summed E-state index contributed by atoms with van der Waals surface area (Å²) in [5.41, 5.74) is -0.392. The molecule has 2 atom stereocenters. The lowest BCUT2D eigenvalue weighted by Gasteiger charge is -2.42. The van der Waals surface area contributed by atoms with Crippen LogP contribution in [0.1, 0.15) is 34.1 Å². The molecule has 0 amide bonds. The number of likely N-dealkylation sites (N-methyl/N-ethyl adjacent to an activating group) is 1. The number of carbonyl (C=O) groups is 1. The van der Waals surface area contributed by atoms with E-state index in [9.17, 15) is 4.79 Å². The smallest absolute Gasteiger partial charge is 0.310 e. The van der Waals surface area contributed by atoms with Gasteiger partial charge in [-0.15, -0.1) is 0 Å². The fraction of sp³-hybridized carbons (Fsp3) is 0.938. The van der Waals surface area contributed by atoms with Crippen molar-refractivity contribution >= 4 is 5.97 Å². The summed E-state index contributed by atoms with van der Waals surface area (Å²) in [5.74, 6) is -0.0564. The number of piperazine rings is 1. The van der Waals surface area contributed by atoms with Gasteiger partial charge in [-0.2, -0.15) is 0 Å². The molecule has 5 heteroatoms. The molecule has 0 spiro atoms. The van der Waals surface area contributed by atoms with Crippen molar-refractivity contribution in [3.63, 3.8) is 0 Å². The van der Waals surface area contributed by atoms with Gasteiger partial charge >= 0.3 is 5.97 Å². The van der Waals surface area contributed by atoms with Gasteiger partial charge in [-0.05, 0) is 33.7 Å². The zero-order chi connectivity index (χ0) is 15.5. The van der Waals surface area contributed by atoms with Crippen LogP contribution in [0, 0.1) is 5.92 Å². The topological polar surface area (TPSA) is 44.8 Å². The summed E-state index contributed by atoms with van der Waals surface area (Å²) in [4.78, 5) is 17.3. The molecule has 0 unspecified atom stereocenters. The quantitative estimate of drug-likeness (QED) is 0.786. The van der Waals surface area contributed by atoms with Gasteiger partial charge in [-0.3, -0.25) is 9.69 Å². The number of ether oxygens (including phenoxy) is 1. The highest BCUT2D eigenvalue weighted by Gasteiger charge is 2.34. The van der Waals surface area contributed by atoms with Gasteiger partial charge in [-0.25, -0.2) is 0 Å². The van der Waals surface area contributed by atoms with Crippen molar-refractivity contribution in [1.29, 1.82) is 0 Å². The minimum atomic E-state index is -0.392. The maximum atomic E-state index is 12.3. The second kappa shape index (κ2) is 7.07. The maximum Gasteiger partial charge on any atom is 0.310 e. The molecule has 2 aliphatic heterocycles. The molecule has 2 heterocycles. The van der Waals surface area contributed by atoms with Crippen molar-refractivity contribution in [3.8, 4) is 0 Å². The van der Waals surface area contributed by atoms with Crippen molar-refractivity contribution in [3.05, 3.63) is 0 Å². The molecule has 0 saturated carbocycles. The van der Waals surface area contributed by atoms with Crippen LogP contribution in [-0.2, 0) is 9.53 Å². The molecule has 1 N–H and O–H groups in total. The van der Waals surface area contributed by atoms with Crippen LogP contribution >= 0.6 is 0 Å². The molecule has 2 rings (SSSR count). The van der Waals surface area contributed by atoms with Crippen LogP contribution in [0.4, 0.5) is 0 Å². The molecule has 0 aliphatic carbocycles. The summed E-state index contributed by atoms with van der Waals surface area (Å²) in [5, 5.41) is 3.42. The van der Waals surface area contributed by atoms with E-state index >= 15 is 0 Å². The van der Waals surface area contributed by atoms with Crippen LogP contribution in [-0.4, -0.2) is 73.2 Å². The van der Waals surface area contributed by atoms with Gasteiger partial charge in [-0.1, -0.05) is 6.92 Å². The molecule has 2 saturated heterocycles. The molecule has 0 bridgehead atoms. The summed E-state index contributed by atoms with van der Waals surface area (Å²) >= 11 is 0. The van der Waals surface area contributed by atoms with E-state index in [1.165, 1.54) is 0 Å². The van der Waals surface area contributed by atoms with Gasteiger partial charge in [0, 0.05) is 45.3 Å². The van der Waals surface area contributed by atoms with Crippen molar-refractivity contribution in [2.75, 3.05) is 45.8 Å².